The Morgan fingerprint density at radius 3 is 2.33 bits per heavy atom. The molecule has 4 heteroatoms. The van der Waals surface area contributed by atoms with Crippen LogP contribution in [-0.4, -0.2) is 18.4 Å². The van der Waals surface area contributed by atoms with Gasteiger partial charge in [0.2, 0.25) is 11.8 Å². The van der Waals surface area contributed by atoms with Gasteiger partial charge >= 0.3 is 0 Å². The van der Waals surface area contributed by atoms with Gasteiger partial charge in [-0.3, -0.25) is 9.59 Å². The van der Waals surface area contributed by atoms with E-state index in [-0.39, 0.29) is 17.2 Å². The maximum Gasteiger partial charge on any atom is 0.232 e. The maximum atomic E-state index is 13.0. The van der Waals surface area contributed by atoms with Gasteiger partial charge in [0.05, 0.1) is 10.8 Å². The van der Waals surface area contributed by atoms with Crippen LogP contribution in [0.3, 0.4) is 0 Å². The quantitative estimate of drug-likeness (QED) is 0.872. The molecule has 1 aromatic carbocycles. The minimum Gasteiger partial charge on any atom is -0.355 e. The molecule has 3 saturated carbocycles. The Morgan fingerprint density at radius 2 is 1.75 bits per heavy atom. The molecule has 0 aliphatic heterocycles. The Bertz CT molecular complexity index is 698. The molecule has 0 atom stereocenters. The molecule has 0 unspecified atom stereocenters. The summed E-state index contributed by atoms with van der Waals surface area (Å²) in [6.45, 7) is 4.60. The fourth-order valence-corrected chi connectivity index (χ4v) is 4.12. The van der Waals surface area contributed by atoms with E-state index in [1.807, 2.05) is 18.2 Å². The Hall–Kier alpha value is -1.84. The second-order valence-electron chi connectivity index (χ2n) is 8.18. The fourth-order valence-electron chi connectivity index (χ4n) is 4.12. The molecule has 1 aromatic rings. The molecular formula is C20H26N2O2. The highest BCUT2D eigenvalue weighted by molar-refractivity contribution is 5.96. The van der Waals surface area contributed by atoms with Crippen molar-refractivity contribution >= 4 is 17.5 Å². The van der Waals surface area contributed by atoms with Crippen LogP contribution in [0.25, 0.3) is 0 Å². The van der Waals surface area contributed by atoms with Gasteiger partial charge in [0.15, 0.2) is 0 Å². The summed E-state index contributed by atoms with van der Waals surface area (Å²) in [5.74, 6) is 0.878. The smallest absolute Gasteiger partial charge is 0.232 e. The second kappa shape index (κ2) is 5.33. The number of amides is 2. The summed E-state index contributed by atoms with van der Waals surface area (Å²) in [6.07, 6.45) is 5.95. The van der Waals surface area contributed by atoms with Crippen molar-refractivity contribution in [1.29, 1.82) is 0 Å². The standard InChI is InChI=1S/C20H26N2O2/c1-13-5-6-16(9-14(13)2)22-17(23)19(7-3-4-8-19)12-21-18(24)20-10-15(20)11-20/h5-6,9,15H,3-4,7-8,10-12H2,1-2H3,(H,21,24)(H,22,23). The van der Waals surface area contributed by atoms with Crippen LogP contribution in [-0.2, 0) is 9.59 Å². The molecule has 0 heterocycles. The summed E-state index contributed by atoms with van der Waals surface area (Å²) in [6, 6.07) is 6.01. The van der Waals surface area contributed by atoms with Gasteiger partial charge in [-0.1, -0.05) is 18.9 Å². The van der Waals surface area contributed by atoms with Gasteiger partial charge in [-0.15, -0.1) is 0 Å². The van der Waals surface area contributed by atoms with E-state index in [0.717, 1.165) is 44.2 Å². The Labute approximate surface area is 143 Å². The molecule has 3 aliphatic carbocycles. The van der Waals surface area contributed by atoms with E-state index >= 15 is 0 Å². The summed E-state index contributed by atoms with van der Waals surface area (Å²) >= 11 is 0. The SMILES string of the molecule is Cc1ccc(NC(=O)C2(CNC(=O)C34CC3C4)CCCC2)cc1C. The van der Waals surface area contributed by atoms with Gasteiger partial charge in [-0.2, -0.15) is 0 Å². The van der Waals surface area contributed by atoms with E-state index in [4.69, 9.17) is 0 Å². The number of nitrogens with one attached hydrogen (secondary N) is 2. The van der Waals surface area contributed by atoms with E-state index in [0.29, 0.717) is 12.5 Å². The van der Waals surface area contributed by atoms with Crippen molar-refractivity contribution in [1.82, 2.24) is 5.32 Å². The lowest BCUT2D eigenvalue weighted by molar-refractivity contribution is -0.128. The highest BCUT2D eigenvalue weighted by Crippen LogP contribution is 2.75. The summed E-state index contributed by atoms with van der Waals surface area (Å²) in [5.41, 5.74) is 2.78. The number of benzene rings is 1. The van der Waals surface area contributed by atoms with Crippen molar-refractivity contribution in [3.8, 4) is 0 Å². The molecule has 0 radical (unpaired) electrons. The first-order valence-corrected chi connectivity index (χ1v) is 9.12. The predicted octanol–water partition coefficient (Wildman–Crippen LogP) is 3.33. The van der Waals surface area contributed by atoms with Crippen molar-refractivity contribution in [2.75, 3.05) is 11.9 Å². The summed E-state index contributed by atoms with van der Waals surface area (Å²) in [7, 11) is 0. The van der Waals surface area contributed by atoms with Crippen LogP contribution in [0.15, 0.2) is 18.2 Å². The van der Waals surface area contributed by atoms with E-state index in [2.05, 4.69) is 24.5 Å². The average molecular weight is 326 g/mol. The van der Waals surface area contributed by atoms with Gasteiger partial charge in [0.25, 0.3) is 0 Å². The van der Waals surface area contributed by atoms with E-state index in [1.165, 1.54) is 11.1 Å². The van der Waals surface area contributed by atoms with Crippen LogP contribution in [0.4, 0.5) is 5.69 Å². The third-order valence-corrected chi connectivity index (χ3v) is 6.53. The van der Waals surface area contributed by atoms with Crippen LogP contribution in [0.5, 0.6) is 0 Å². The molecule has 128 valence electrons. The van der Waals surface area contributed by atoms with Gasteiger partial charge < -0.3 is 10.6 Å². The topological polar surface area (TPSA) is 58.2 Å². The first kappa shape index (κ1) is 15.7. The Morgan fingerprint density at radius 1 is 1.08 bits per heavy atom. The summed E-state index contributed by atoms with van der Waals surface area (Å²) in [5, 5.41) is 6.19. The molecular weight excluding hydrogens is 300 g/mol. The Balaban J connectivity index is 1.43. The highest BCUT2D eigenvalue weighted by atomic mass is 16.2. The number of hydrogen-bond donors (Lipinski definition) is 2. The number of fused-ring (bicyclic) bond motifs is 1. The number of anilines is 1. The predicted molar refractivity (Wildman–Crippen MR) is 93.6 cm³/mol. The van der Waals surface area contributed by atoms with E-state index in [1.54, 1.807) is 0 Å². The lowest BCUT2D eigenvalue weighted by atomic mass is 9.84. The van der Waals surface area contributed by atoms with Gasteiger partial charge in [0, 0.05) is 12.2 Å². The number of hydrogen-bond acceptors (Lipinski definition) is 2. The molecule has 3 aliphatic rings. The van der Waals surface area contributed by atoms with E-state index in [9.17, 15) is 9.59 Å². The number of carbonyl (C=O) groups excluding carboxylic acids is 2. The number of carbonyl (C=O) groups is 2. The van der Waals surface area contributed by atoms with Crippen molar-refractivity contribution in [2.45, 2.75) is 52.4 Å². The molecule has 4 rings (SSSR count). The first-order chi connectivity index (χ1) is 11.5. The fraction of sp³-hybridized carbons (Fsp3) is 0.600. The molecule has 0 aromatic heterocycles. The largest absolute Gasteiger partial charge is 0.355 e. The highest BCUT2D eigenvalue weighted by Gasteiger charge is 2.74. The van der Waals surface area contributed by atoms with Crippen LogP contribution >= 0.6 is 0 Å². The number of aryl methyl sites for hydroxylation is 2. The minimum atomic E-state index is -0.440. The van der Waals surface area contributed by atoms with Crippen LogP contribution in [0.1, 0.15) is 49.7 Å². The second-order valence-corrected chi connectivity index (χ2v) is 8.18. The Kier molecular flexibility index (Phi) is 3.48. The molecule has 3 fully saturated rings. The van der Waals surface area contributed by atoms with Crippen LogP contribution in [0.2, 0.25) is 0 Å². The summed E-state index contributed by atoms with van der Waals surface area (Å²) in [4.78, 5) is 25.2. The minimum absolute atomic E-state index is 0.0235. The zero-order chi connectivity index (χ0) is 16.9. The van der Waals surface area contributed by atoms with Crippen LogP contribution < -0.4 is 10.6 Å². The zero-order valence-corrected chi connectivity index (χ0v) is 14.6. The lowest BCUT2D eigenvalue weighted by Crippen LogP contribution is -2.45. The molecule has 0 bridgehead atoms. The van der Waals surface area contributed by atoms with Crippen molar-refractivity contribution < 1.29 is 9.59 Å². The van der Waals surface area contributed by atoms with Gasteiger partial charge in [-0.25, -0.2) is 0 Å². The van der Waals surface area contributed by atoms with Gasteiger partial charge in [0.1, 0.15) is 0 Å². The van der Waals surface area contributed by atoms with Crippen LogP contribution in [0, 0.1) is 30.6 Å². The van der Waals surface area contributed by atoms with Gasteiger partial charge in [-0.05, 0) is 68.7 Å². The third kappa shape index (κ3) is 2.52. The first-order valence-electron chi connectivity index (χ1n) is 9.12. The summed E-state index contributed by atoms with van der Waals surface area (Å²) < 4.78 is 0. The molecule has 0 spiro atoms. The normalized spacial score (nSPS) is 28.8. The van der Waals surface area contributed by atoms with Crippen molar-refractivity contribution in [2.24, 2.45) is 16.7 Å². The lowest BCUT2D eigenvalue weighted by Gasteiger charge is -2.28. The maximum absolute atomic E-state index is 13.0. The molecule has 4 nitrogen and oxygen atoms in total. The monoisotopic (exact) mass is 326 g/mol. The van der Waals surface area contributed by atoms with E-state index < -0.39 is 5.41 Å². The molecule has 0 saturated heterocycles. The average Bonchev–Trinajstić information content (AvgIpc) is 3.36. The zero-order valence-electron chi connectivity index (χ0n) is 14.6. The molecule has 2 N–H and O–H groups in total. The molecule has 24 heavy (non-hydrogen) atoms. The third-order valence-electron chi connectivity index (χ3n) is 6.53. The van der Waals surface area contributed by atoms with Crippen molar-refractivity contribution in [3.63, 3.8) is 0 Å². The molecule has 2 amide bonds. The number of rotatable bonds is 5. The van der Waals surface area contributed by atoms with Crippen molar-refractivity contribution in [3.05, 3.63) is 29.3 Å².